The lowest BCUT2D eigenvalue weighted by Crippen LogP contribution is -2.17. The molecule has 1 unspecified atom stereocenters. The van der Waals surface area contributed by atoms with Crippen molar-refractivity contribution in [3.05, 3.63) is 35.1 Å². The second kappa shape index (κ2) is 5.49. The van der Waals surface area contributed by atoms with Crippen LogP contribution < -0.4 is 0 Å². The van der Waals surface area contributed by atoms with Gasteiger partial charge in [0.1, 0.15) is 5.82 Å². The Hall–Kier alpha value is -1.10. The van der Waals surface area contributed by atoms with Gasteiger partial charge in [-0.2, -0.15) is 13.2 Å². The fourth-order valence-electron chi connectivity index (χ4n) is 2.67. The standard InChI is InChI=1S/C14H16F4O/c15-12-7-6-10(8-11(12)14(16,17)18)13(19)9-4-2-1-3-5-9/h6-9,13,19H,1-5H2. The van der Waals surface area contributed by atoms with Crippen LogP contribution in [0.5, 0.6) is 0 Å². The molecule has 106 valence electrons. The number of hydrogen-bond acceptors (Lipinski definition) is 1. The van der Waals surface area contributed by atoms with Crippen LogP contribution >= 0.6 is 0 Å². The molecule has 1 aliphatic rings. The van der Waals surface area contributed by atoms with Crippen LogP contribution in [0.1, 0.15) is 49.3 Å². The van der Waals surface area contributed by atoms with Gasteiger partial charge in [-0.1, -0.05) is 25.3 Å². The van der Waals surface area contributed by atoms with Crippen LogP contribution in [0.25, 0.3) is 0 Å². The number of rotatable bonds is 2. The summed E-state index contributed by atoms with van der Waals surface area (Å²) in [5, 5.41) is 10.1. The average Bonchev–Trinajstić information content (AvgIpc) is 2.38. The first kappa shape index (κ1) is 14.3. The van der Waals surface area contributed by atoms with E-state index < -0.39 is 23.7 Å². The molecule has 2 rings (SSSR count). The lowest BCUT2D eigenvalue weighted by atomic mass is 9.82. The van der Waals surface area contributed by atoms with Crippen LogP contribution in [-0.4, -0.2) is 5.11 Å². The van der Waals surface area contributed by atoms with E-state index in [9.17, 15) is 22.7 Å². The zero-order valence-electron chi connectivity index (χ0n) is 10.4. The lowest BCUT2D eigenvalue weighted by Gasteiger charge is -2.27. The number of benzene rings is 1. The number of halogens is 4. The summed E-state index contributed by atoms with van der Waals surface area (Å²) in [6.07, 6.45) is -1.00. The molecule has 19 heavy (non-hydrogen) atoms. The Morgan fingerprint density at radius 2 is 1.74 bits per heavy atom. The zero-order chi connectivity index (χ0) is 14.0. The third-order valence-electron chi connectivity index (χ3n) is 3.73. The summed E-state index contributed by atoms with van der Waals surface area (Å²) >= 11 is 0. The minimum absolute atomic E-state index is 0.0275. The Kier molecular flexibility index (Phi) is 4.13. The molecule has 0 radical (unpaired) electrons. The highest BCUT2D eigenvalue weighted by molar-refractivity contribution is 5.29. The highest BCUT2D eigenvalue weighted by atomic mass is 19.4. The van der Waals surface area contributed by atoms with Crippen molar-refractivity contribution in [3.63, 3.8) is 0 Å². The molecule has 1 atom stereocenters. The molecular weight excluding hydrogens is 260 g/mol. The van der Waals surface area contributed by atoms with Crippen molar-refractivity contribution in [2.45, 2.75) is 44.4 Å². The summed E-state index contributed by atoms with van der Waals surface area (Å²) in [7, 11) is 0. The normalized spacial score (nSPS) is 19.4. The van der Waals surface area contributed by atoms with Gasteiger partial charge in [-0.3, -0.25) is 0 Å². The first-order valence-electron chi connectivity index (χ1n) is 6.44. The third-order valence-corrected chi connectivity index (χ3v) is 3.73. The molecule has 0 aliphatic heterocycles. The highest BCUT2D eigenvalue weighted by Gasteiger charge is 2.35. The molecule has 1 aromatic rings. The summed E-state index contributed by atoms with van der Waals surface area (Å²) in [5.74, 6) is -1.33. The monoisotopic (exact) mass is 276 g/mol. The SMILES string of the molecule is OC(c1ccc(F)c(C(F)(F)F)c1)C1CCCCC1. The molecule has 0 saturated heterocycles. The summed E-state index contributed by atoms with van der Waals surface area (Å²) in [4.78, 5) is 0. The number of alkyl halides is 3. The fraction of sp³-hybridized carbons (Fsp3) is 0.571. The Balaban J connectivity index is 2.24. The predicted molar refractivity (Wildman–Crippen MR) is 62.9 cm³/mol. The molecule has 0 bridgehead atoms. The molecule has 1 fully saturated rings. The molecule has 0 heterocycles. The van der Waals surface area contributed by atoms with Gasteiger partial charge in [0.05, 0.1) is 11.7 Å². The maximum atomic E-state index is 13.2. The van der Waals surface area contributed by atoms with Gasteiger partial charge in [0.2, 0.25) is 0 Å². The van der Waals surface area contributed by atoms with E-state index in [0.717, 1.165) is 44.2 Å². The molecule has 0 spiro atoms. The first-order valence-corrected chi connectivity index (χ1v) is 6.44. The van der Waals surface area contributed by atoms with Gasteiger partial charge in [0.25, 0.3) is 0 Å². The Morgan fingerprint density at radius 3 is 2.32 bits per heavy atom. The molecule has 0 amide bonds. The quantitative estimate of drug-likeness (QED) is 0.791. The molecule has 1 aromatic carbocycles. The van der Waals surface area contributed by atoms with Crippen molar-refractivity contribution >= 4 is 0 Å². The summed E-state index contributed by atoms with van der Waals surface area (Å²) < 4.78 is 51.0. The summed E-state index contributed by atoms with van der Waals surface area (Å²) in [6.45, 7) is 0. The number of aliphatic hydroxyl groups excluding tert-OH is 1. The molecule has 1 nitrogen and oxygen atoms in total. The maximum absolute atomic E-state index is 13.2. The van der Waals surface area contributed by atoms with Gasteiger partial charge in [-0.05, 0) is 36.5 Å². The lowest BCUT2D eigenvalue weighted by molar-refractivity contribution is -0.140. The number of aliphatic hydroxyl groups is 1. The van der Waals surface area contributed by atoms with Crippen LogP contribution in [0.15, 0.2) is 18.2 Å². The van der Waals surface area contributed by atoms with Crippen molar-refractivity contribution in [1.29, 1.82) is 0 Å². The van der Waals surface area contributed by atoms with Crippen LogP contribution in [0.2, 0.25) is 0 Å². The van der Waals surface area contributed by atoms with Crippen LogP contribution in [0, 0.1) is 11.7 Å². The van der Waals surface area contributed by atoms with E-state index in [-0.39, 0.29) is 11.5 Å². The minimum Gasteiger partial charge on any atom is -0.388 e. The molecular formula is C14H16F4O. The van der Waals surface area contributed by atoms with E-state index in [1.807, 2.05) is 0 Å². The van der Waals surface area contributed by atoms with Crippen molar-refractivity contribution in [2.75, 3.05) is 0 Å². The van der Waals surface area contributed by atoms with Gasteiger partial charge in [-0.15, -0.1) is 0 Å². The van der Waals surface area contributed by atoms with Gasteiger partial charge < -0.3 is 5.11 Å². The molecule has 5 heteroatoms. The van der Waals surface area contributed by atoms with E-state index in [4.69, 9.17) is 0 Å². The average molecular weight is 276 g/mol. The van der Waals surface area contributed by atoms with Gasteiger partial charge in [-0.25, -0.2) is 4.39 Å². The van der Waals surface area contributed by atoms with Gasteiger partial charge >= 0.3 is 6.18 Å². The topological polar surface area (TPSA) is 20.2 Å². The first-order chi connectivity index (χ1) is 8.89. The van der Waals surface area contributed by atoms with Crippen molar-refractivity contribution in [3.8, 4) is 0 Å². The van der Waals surface area contributed by atoms with Crippen LogP contribution in [0.4, 0.5) is 17.6 Å². The molecule has 0 aromatic heterocycles. The van der Waals surface area contributed by atoms with Gasteiger partial charge in [0, 0.05) is 0 Å². The van der Waals surface area contributed by atoms with Crippen molar-refractivity contribution < 1.29 is 22.7 Å². The van der Waals surface area contributed by atoms with Crippen molar-refractivity contribution in [2.24, 2.45) is 5.92 Å². The highest BCUT2D eigenvalue weighted by Crippen LogP contribution is 2.37. The largest absolute Gasteiger partial charge is 0.419 e. The Morgan fingerprint density at radius 1 is 1.11 bits per heavy atom. The van der Waals surface area contributed by atoms with Gasteiger partial charge in [0.15, 0.2) is 0 Å². The van der Waals surface area contributed by atoms with E-state index in [2.05, 4.69) is 0 Å². The Labute approximate surface area is 109 Å². The van der Waals surface area contributed by atoms with Crippen molar-refractivity contribution in [1.82, 2.24) is 0 Å². The maximum Gasteiger partial charge on any atom is 0.419 e. The van der Waals surface area contributed by atoms with E-state index in [1.54, 1.807) is 0 Å². The second-order valence-corrected chi connectivity index (χ2v) is 5.08. The van der Waals surface area contributed by atoms with E-state index in [0.29, 0.717) is 0 Å². The zero-order valence-corrected chi connectivity index (χ0v) is 10.4. The van der Waals surface area contributed by atoms with E-state index in [1.165, 1.54) is 6.07 Å². The minimum atomic E-state index is -4.73. The predicted octanol–water partition coefficient (Wildman–Crippen LogP) is 4.46. The molecule has 1 aliphatic carbocycles. The number of hydrogen-bond donors (Lipinski definition) is 1. The van der Waals surface area contributed by atoms with Crippen LogP contribution in [-0.2, 0) is 6.18 Å². The fourth-order valence-corrected chi connectivity index (χ4v) is 2.67. The molecule has 1 saturated carbocycles. The second-order valence-electron chi connectivity index (χ2n) is 5.08. The van der Waals surface area contributed by atoms with Crippen LogP contribution in [0.3, 0.4) is 0 Å². The summed E-state index contributed by atoms with van der Waals surface area (Å²) in [6, 6.07) is 2.75. The van der Waals surface area contributed by atoms with E-state index >= 15 is 0 Å². The smallest absolute Gasteiger partial charge is 0.388 e. The molecule has 1 N–H and O–H groups in total. The summed E-state index contributed by atoms with van der Waals surface area (Å²) in [5.41, 5.74) is -1.15. The third kappa shape index (κ3) is 3.26. The Bertz CT molecular complexity index is 436.